The highest BCUT2D eigenvalue weighted by atomic mass is 16.5. The molecule has 0 radical (unpaired) electrons. The Hall–Kier alpha value is -1.35. The number of esters is 1. The summed E-state index contributed by atoms with van der Waals surface area (Å²) in [5, 5.41) is 3.04. The van der Waals surface area contributed by atoms with E-state index in [1.165, 1.54) is 11.1 Å². The van der Waals surface area contributed by atoms with E-state index in [-0.39, 0.29) is 11.9 Å². The molecule has 1 N–H and O–H groups in total. The molecule has 0 amide bonds. The molecule has 0 aliphatic heterocycles. The first-order chi connectivity index (χ1) is 8.17. The average Bonchev–Trinajstić information content (AvgIpc) is 2.31. The van der Waals surface area contributed by atoms with E-state index < -0.39 is 0 Å². The number of benzene rings is 1. The Labute approximate surface area is 103 Å². The van der Waals surface area contributed by atoms with Gasteiger partial charge in [-0.05, 0) is 32.9 Å². The number of aryl methyl sites for hydroxylation is 1. The second-order valence-electron chi connectivity index (χ2n) is 4.20. The van der Waals surface area contributed by atoms with Gasteiger partial charge < -0.3 is 10.1 Å². The van der Waals surface area contributed by atoms with Gasteiger partial charge in [-0.3, -0.25) is 4.79 Å². The zero-order valence-electron chi connectivity index (χ0n) is 10.8. The van der Waals surface area contributed by atoms with Gasteiger partial charge in [0, 0.05) is 6.54 Å². The van der Waals surface area contributed by atoms with Crippen molar-refractivity contribution in [2.45, 2.75) is 20.3 Å². The molecule has 1 unspecified atom stereocenters. The number of nitrogens with one attached hydrogen (secondary N) is 1. The fraction of sp³-hybridized carbons (Fsp3) is 0.500. The smallest absolute Gasteiger partial charge is 0.310 e. The summed E-state index contributed by atoms with van der Waals surface area (Å²) in [6, 6.07) is 8.27. The third-order valence-corrected chi connectivity index (χ3v) is 2.67. The lowest BCUT2D eigenvalue weighted by Crippen LogP contribution is -2.29. The van der Waals surface area contributed by atoms with Crippen molar-refractivity contribution in [2.24, 2.45) is 5.92 Å². The molecule has 1 aromatic carbocycles. The van der Waals surface area contributed by atoms with E-state index >= 15 is 0 Å². The first-order valence-electron chi connectivity index (χ1n) is 6.04. The maximum absolute atomic E-state index is 11.7. The molecule has 0 spiro atoms. The molecule has 0 bridgehead atoms. The average molecular weight is 235 g/mol. The van der Waals surface area contributed by atoms with Crippen LogP contribution in [0.15, 0.2) is 24.3 Å². The second-order valence-corrected chi connectivity index (χ2v) is 4.20. The monoisotopic (exact) mass is 235 g/mol. The Bertz CT molecular complexity index is 346. The molecule has 0 saturated carbocycles. The summed E-state index contributed by atoms with van der Waals surface area (Å²) in [5.41, 5.74) is 2.40. The van der Waals surface area contributed by atoms with E-state index in [0.29, 0.717) is 13.2 Å². The van der Waals surface area contributed by atoms with Crippen molar-refractivity contribution in [3.63, 3.8) is 0 Å². The van der Waals surface area contributed by atoms with Crippen LogP contribution in [0.3, 0.4) is 0 Å². The molecular formula is C14H21NO2. The fourth-order valence-corrected chi connectivity index (χ4v) is 1.75. The van der Waals surface area contributed by atoms with Crippen LogP contribution in [0.2, 0.25) is 0 Å². The lowest BCUT2D eigenvalue weighted by Gasteiger charge is -2.15. The third-order valence-electron chi connectivity index (χ3n) is 2.67. The van der Waals surface area contributed by atoms with E-state index in [4.69, 9.17) is 4.74 Å². The molecule has 0 heterocycles. The Morgan fingerprint density at radius 2 is 2.00 bits per heavy atom. The van der Waals surface area contributed by atoms with E-state index in [2.05, 4.69) is 36.5 Å². The number of carbonyl (C=O) groups is 1. The molecule has 0 saturated heterocycles. The SMILES string of the molecule is CCOC(=O)C(CNC)Cc1ccc(C)cc1. The van der Waals surface area contributed by atoms with Crippen LogP contribution in [0, 0.1) is 12.8 Å². The van der Waals surface area contributed by atoms with Crippen LogP contribution in [0.5, 0.6) is 0 Å². The van der Waals surface area contributed by atoms with Gasteiger partial charge in [-0.2, -0.15) is 0 Å². The van der Waals surface area contributed by atoms with Crippen LogP contribution in [0.25, 0.3) is 0 Å². The zero-order chi connectivity index (χ0) is 12.7. The fourth-order valence-electron chi connectivity index (χ4n) is 1.75. The van der Waals surface area contributed by atoms with E-state index in [1.54, 1.807) is 0 Å². The standard InChI is InChI=1S/C14H21NO2/c1-4-17-14(16)13(10-15-3)9-12-7-5-11(2)6-8-12/h5-8,13,15H,4,9-10H2,1-3H3. The topological polar surface area (TPSA) is 38.3 Å². The van der Waals surface area contributed by atoms with Gasteiger partial charge in [0.15, 0.2) is 0 Å². The molecule has 94 valence electrons. The van der Waals surface area contributed by atoms with Crippen molar-refractivity contribution in [3.05, 3.63) is 35.4 Å². The summed E-state index contributed by atoms with van der Waals surface area (Å²) < 4.78 is 5.07. The third kappa shape index (κ3) is 4.57. The van der Waals surface area contributed by atoms with E-state index in [9.17, 15) is 4.79 Å². The zero-order valence-corrected chi connectivity index (χ0v) is 10.8. The highest BCUT2D eigenvalue weighted by Gasteiger charge is 2.19. The summed E-state index contributed by atoms with van der Waals surface area (Å²) in [4.78, 5) is 11.7. The van der Waals surface area contributed by atoms with Gasteiger partial charge in [-0.15, -0.1) is 0 Å². The van der Waals surface area contributed by atoms with Crippen LogP contribution in [-0.4, -0.2) is 26.2 Å². The maximum Gasteiger partial charge on any atom is 0.310 e. The number of hydrogen-bond acceptors (Lipinski definition) is 3. The van der Waals surface area contributed by atoms with Gasteiger partial charge in [0.05, 0.1) is 12.5 Å². The number of carbonyl (C=O) groups excluding carboxylic acids is 1. The summed E-state index contributed by atoms with van der Waals surface area (Å²) in [5.74, 6) is -0.231. The van der Waals surface area contributed by atoms with Crippen molar-refractivity contribution < 1.29 is 9.53 Å². The molecule has 1 aromatic rings. The van der Waals surface area contributed by atoms with Gasteiger partial charge in [0.1, 0.15) is 0 Å². The van der Waals surface area contributed by atoms with Gasteiger partial charge in [0.25, 0.3) is 0 Å². The summed E-state index contributed by atoms with van der Waals surface area (Å²) in [6.07, 6.45) is 0.722. The minimum Gasteiger partial charge on any atom is -0.466 e. The Morgan fingerprint density at radius 3 is 2.53 bits per heavy atom. The largest absolute Gasteiger partial charge is 0.466 e. The Balaban J connectivity index is 2.65. The molecule has 3 heteroatoms. The number of ether oxygens (including phenoxy) is 1. The molecule has 3 nitrogen and oxygen atoms in total. The first-order valence-corrected chi connectivity index (χ1v) is 6.04. The molecule has 0 aliphatic rings. The van der Waals surface area contributed by atoms with Gasteiger partial charge >= 0.3 is 5.97 Å². The molecular weight excluding hydrogens is 214 g/mol. The highest BCUT2D eigenvalue weighted by molar-refractivity contribution is 5.73. The van der Waals surface area contributed by atoms with Crippen molar-refractivity contribution in [1.29, 1.82) is 0 Å². The molecule has 17 heavy (non-hydrogen) atoms. The lowest BCUT2D eigenvalue weighted by molar-refractivity contribution is -0.147. The maximum atomic E-state index is 11.7. The Kier molecular flexibility index (Phi) is 5.70. The second kappa shape index (κ2) is 7.07. The van der Waals surface area contributed by atoms with Crippen LogP contribution < -0.4 is 5.32 Å². The first kappa shape index (κ1) is 13.7. The molecule has 1 rings (SSSR count). The molecule has 0 fully saturated rings. The summed E-state index contributed by atoms with van der Waals surface area (Å²) in [6.45, 7) is 4.97. The van der Waals surface area contributed by atoms with Crippen molar-refractivity contribution in [3.8, 4) is 0 Å². The minimum absolute atomic E-state index is 0.109. The normalized spacial score (nSPS) is 12.2. The van der Waals surface area contributed by atoms with Crippen molar-refractivity contribution in [1.82, 2.24) is 5.32 Å². The summed E-state index contributed by atoms with van der Waals surface area (Å²) in [7, 11) is 1.85. The predicted octanol–water partition coefficient (Wildman–Crippen LogP) is 1.94. The van der Waals surface area contributed by atoms with E-state index in [0.717, 1.165) is 6.42 Å². The van der Waals surface area contributed by atoms with Crippen molar-refractivity contribution in [2.75, 3.05) is 20.2 Å². The molecule has 1 atom stereocenters. The number of rotatable bonds is 6. The van der Waals surface area contributed by atoms with Gasteiger partial charge in [-0.25, -0.2) is 0 Å². The highest BCUT2D eigenvalue weighted by Crippen LogP contribution is 2.11. The lowest BCUT2D eigenvalue weighted by atomic mass is 9.98. The van der Waals surface area contributed by atoms with Gasteiger partial charge in [-0.1, -0.05) is 29.8 Å². The number of hydrogen-bond donors (Lipinski definition) is 1. The quantitative estimate of drug-likeness (QED) is 0.766. The van der Waals surface area contributed by atoms with Crippen LogP contribution >= 0.6 is 0 Å². The van der Waals surface area contributed by atoms with Crippen LogP contribution in [0.4, 0.5) is 0 Å². The molecule has 0 aromatic heterocycles. The predicted molar refractivity (Wildman–Crippen MR) is 68.9 cm³/mol. The van der Waals surface area contributed by atoms with Gasteiger partial charge in [0.2, 0.25) is 0 Å². The van der Waals surface area contributed by atoms with Crippen molar-refractivity contribution >= 4 is 5.97 Å². The van der Waals surface area contributed by atoms with Crippen LogP contribution in [-0.2, 0) is 16.0 Å². The molecule has 0 aliphatic carbocycles. The Morgan fingerprint density at radius 1 is 1.35 bits per heavy atom. The van der Waals surface area contributed by atoms with E-state index in [1.807, 2.05) is 14.0 Å². The van der Waals surface area contributed by atoms with Crippen LogP contribution in [0.1, 0.15) is 18.1 Å². The summed E-state index contributed by atoms with van der Waals surface area (Å²) >= 11 is 0. The minimum atomic E-state index is -0.123.